The summed E-state index contributed by atoms with van der Waals surface area (Å²) in [4.78, 5) is 11.9. The standard InChI is InChI=1S/C16H32N2O2/c1-12(19)10-16(3,4)11-17-15(20)18-13(2)14-8-6-5-7-9-14/h12-14,19H,5-11H2,1-4H3,(H2,17,18,20). The number of rotatable bonds is 6. The molecule has 0 spiro atoms. The molecular weight excluding hydrogens is 252 g/mol. The maximum Gasteiger partial charge on any atom is 0.315 e. The molecule has 1 aliphatic rings. The van der Waals surface area contributed by atoms with Crippen molar-refractivity contribution in [1.29, 1.82) is 0 Å². The Hall–Kier alpha value is -0.770. The van der Waals surface area contributed by atoms with Crippen LogP contribution < -0.4 is 10.6 Å². The van der Waals surface area contributed by atoms with E-state index in [0.29, 0.717) is 18.9 Å². The fourth-order valence-corrected chi connectivity index (χ4v) is 3.20. The van der Waals surface area contributed by atoms with Crippen molar-refractivity contribution in [2.75, 3.05) is 6.54 Å². The van der Waals surface area contributed by atoms with Gasteiger partial charge in [-0.2, -0.15) is 0 Å². The highest BCUT2D eigenvalue weighted by molar-refractivity contribution is 5.74. The Kier molecular flexibility index (Phi) is 6.80. The van der Waals surface area contributed by atoms with Crippen LogP contribution in [0, 0.1) is 11.3 Å². The first-order valence-corrected chi connectivity index (χ1v) is 8.02. The molecule has 2 amide bonds. The van der Waals surface area contributed by atoms with Crippen LogP contribution in [0.3, 0.4) is 0 Å². The van der Waals surface area contributed by atoms with Gasteiger partial charge in [0.25, 0.3) is 0 Å². The second-order valence-electron chi connectivity index (χ2n) is 7.23. The van der Waals surface area contributed by atoms with Crippen LogP contribution in [-0.4, -0.2) is 29.8 Å². The maximum atomic E-state index is 11.9. The molecule has 0 aliphatic heterocycles. The lowest BCUT2D eigenvalue weighted by molar-refractivity contribution is 0.128. The smallest absolute Gasteiger partial charge is 0.315 e. The Morgan fingerprint density at radius 1 is 1.25 bits per heavy atom. The van der Waals surface area contributed by atoms with Gasteiger partial charge in [-0.15, -0.1) is 0 Å². The minimum atomic E-state index is -0.337. The van der Waals surface area contributed by atoms with Crippen LogP contribution in [0.15, 0.2) is 0 Å². The van der Waals surface area contributed by atoms with Crippen molar-refractivity contribution in [3.8, 4) is 0 Å². The monoisotopic (exact) mass is 284 g/mol. The molecule has 118 valence electrons. The van der Waals surface area contributed by atoms with E-state index in [1.165, 1.54) is 32.1 Å². The van der Waals surface area contributed by atoms with Gasteiger partial charge in [0.1, 0.15) is 0 Å². The van der Waals surface area contributed by atoms with Gasteiger partial charge in [0.15, 0.2) is 0 Å². The van der Waals surface area contributed by atoms with Gasteiger partial charge in [0.2, 0.25) is 0 Å². The van der Waals surface area contributed by atoms with Crippen molar-refractivity contribution in [3.05, 3.63) is 0 Å². The summed E-state index contributed by atoms with van der Waals surface area (Å²) in [5.41, 5.74) is -0.0837. The van der Waals surface area contributed by atoms with Gasteiger partial charge in [0, 0.05) is 12.6 Å². The molecule has 0 aromatic heterocycles. The predicted molar refractivity (Wildman–Crippen MR) is 82.7 cm³/mol. The summed E-state index contributed by atoms with van der Waals surface area (Å²) in [5, 5.41) is 15.4. The summed E-state index contributed by atoms with van der Waals surface area (Å²) in [6, 6.07) is 0.164. The molecule has 0 radical (unpaired) electrons. The number of carbonyl (C=O) groups excluding carboxylic acids is 1. The van der Waals surface area contributed by atoms with Crippen molar-refractivity contribution < 1.29 is 9.90 Å². The van der Waals surface area contributed by atoms with Gasteiger partial charge >= 0.3 is 6.03 Å². The third-order valence-electron chi connectivity index (χ3n) is 4.29. The Labute approximate surface area is 123 Å². The molecule has 1 rings (SSSR count). The molecule has 3 N–H and O–H groups in total. The molecule has 2 unspecified atom stereocenters. The number of hydrogen-bond acceptors (Lipinski definition) is 2. The van der Waals surface area contributed by atoms with E-state index < -0.39 is 0 Å². The molecule has 0 aromatic carbocycles. The van der Waals surface area contributed by atoms with Gasteiger partial charge in [0.05, 0.1) is 6.10 Å². The van der Waals surface area contributed by atoms with Gasteiger partial charge in [-0.05, 0) is 44.4 Å². The zero-order valence-corrected chi connectivity index (χ0v) is 13.5. The largest absolute Gasteiger partial charge is 0.393 e. The number of urea groups is 1. The van der Waals surface area contributed by atoms with E-state index >= 15 is 0 Å². The minimum Gasteiger partial charge on any atom is -0.393 e. The van der Waals surface area contributed by atoms with Crippen LogP contribution in [0.25, 0.3) is 0 Å². The Bertz CT molecular complexity index is 297. The highest BCUT2D eigenvalue weighted by Gasteiger charge is 2.23. The molecule has 0 aromatic rings. The van der Waals surface area contributed by atoms with E-state index in [2.05, 4.69) is 31.4 Å². The number of aliphatic hydroxyl groups is 1. The first-order chi connectivity index (χ1) is 9.30. The third kappa shape index (κ3) is 6.60. The molecule has 2 atom stereocenters. The number of aliphatic hydroxyl groups excluding tert-OH is 1. The fraction of sp³-hybridized carbons (Fsp3) is 0.938. The molecule has 1 fully saturated rings. The van der Waals surface area contributed by atoms with Crippen molar-refractivity contribution in [2.45, 2.75) is 78.4 Å². The Morgan fingerprint density at radius 3 is 2.40 bits per heavy atom. The Balaban J connectivity index is 2.28. The molecule has 4 nitrogen and oxygen atoms in total. The summed E-state index contributed by atoms with van der Waals surface area (Å²) in [7, 11) is 0. The summed E-state index contributed by atoms with van der Waals surface area (Å²) >= 11 is 0. The zero-order chi connectivity index (χ0) is 15.2. The first kappa shape index (κ1) is 17.3. The van der Waals surface area contributed by atoms with Crippen molar-refractivity contribution in [2.24, 2.45) is 11.3 Å². The van der Waals surface area contributed by atoms with E-state index in [0.717, 1.165) is 0 Å². The summed E-state index contributed by atoms with van der Waals surface area (Å²) < 4.78 is 0. The number of nitrogens with one attached hydrogen (secondary N) is 2. The van der Waals surface area contributed by atoms with Crippen molar-refractivity contribution in [3.63, 3.8) is 0 Å². The molecule has 0 bridgehead atoms. The summed E-state index contributed by atoms with van der Waals surface area (Å²) in [6.07, 6.45) is 6.73. The lowest BCUT2D eigenvalue weighted by Gasteiger charge is -2.30. The predicted octanol–water partition coefficient (Wildman–Crippen LogP) is 3.05. The number of hydrogen-bond donors (Lipinski definition) is 3. The lowest BCUT2D eigenvalue weighted by Crippen LogP contribution is -2.47. The normalized spacial score (nSPS) is 20.2. The van der Waals surface area contributed by atoms with Gasteiger partial charge in [-0.3, -0.25) is 0 Å². The number of amides is 2. The van der Waals surface area contributed by atoms with E-state index in [4.69, 9.17) is 0 Å². The topological polar surface area (TPSA) is 61.4 Å². The molecule has 20 heavy (non-hydrogen) atoms. The molecule has 4 heteroatoms. The van der Waals surface area contributed by atoms with Crippen LogP contribution in [0.4, 0.5) is 4.79 Å². The van der Waals surface area contributed by atoms with Crippen molar-refractivity contribution in [1.82, 2.24) is 10.6 Å². The van der Waals surface area contributed by atoms with Crippen molar-refractivity contribution >= 4 is 6.03 Å². The Morgan fingerprint density at radius 2 is 1.85 bits per heavy atom. The van der Waals surface area contributed by atoms with E-state index in [9.17, 15) is 9.90 Å². The lowest BCUT2D eigenvalue weighted by atomic mass is 9.84. The van der Waals surface area contributed by atoms with Crippen LogP contribution >= 0.6 is 0 Å². The quantitative estimate of drug-likeness (QED) is 0.702. The molecular formula is C16H32N2O2. The van der Waals surface area contributed by atoms with E-state index in [1.54, 1.807) is 6.92 Å². The highest BCUT2D eigenvalue weighted by atomic mass is 16.3. The zero-order valence-electron chi connectivity index (χ0n) is 13.5. The van der Waals surface area contributed by atoms with Crippen LogP contribution in [0.2, 0.25) is 0 Å². The minimum absolute atomic E-state index is 0.0817. The van der Waals surface area contributed by atoms with Crippen LogP contribution in [0.1, 0.15) is 66.2 Å². The van der Waals surface area contributed by atoms with Crippen LogP contribution in [-0.2, 0) is 0 Å². The van der Waals surface area contributed by atoms with E-state index in [-0.39, 0.29) is 23.6 Å². The summed E-state index contributed by atoms with van der Waals surface area (Å²) in [6.45, 7) is 8.60. The highest BCUT2D eigenvalue weighted by Crippen LogP contribution is 2.26. The average molecular weight is 284 g/mol. The maximum absolute atomic E-state index is 11.9. The second kappa shape index (κ2) is 7.87. The fourth-order valence-electron chi connectivity index (χ4n) is 3.20. The van der Waals surface area contributed by atoms with E-state index in [1.807, 2.05) is 0 Å². The first-order valence-electron chi connectivity index (χ1n) is 8.02. The van der Waals surface area contributed by atoms with Gasteiger partial charge in [-0.1, -0.05) is 33.1 Å². The second-order valence-corrected chi connectivity index (χ2v) is 7.23. The average Bonchev–Trinajstić information content (AvgIpc) is 2.36. The SMILES string of the molecule is CC(O)CC(C)(C)CNC(=O)NC(C)C1CCCCC1. The molecule has 0 heterocycles. The third-order valence-corrected chi connectivity index (χ3v) is 4.29. The molecule has 1 saturated carbocycles. The summed E-state index contributed by atoms with van der Waals surface area (Å²) in [5.74, 6) is 0.625. The van der Waals surface area contributed by atoms with Crippen LogP contribution in [0.5, 0.6) is 0 Å². The van der Waals surface area contributed by atoms with Gasteiger partial charge < -0.3 is 15.7 Å². The molecule has 0 saturated heterocycles. The van der Waals surface area contributed by atoms with Gasteiger partial charge in [-0.25, -0.2) is 4.79 Å². The molecule has 1 aliphatic carbocycles. The number of carbonyl (C=O) groups is 1.